The fraction of sp³-hybridized carbons (Fsp3) is 0.400. The monoisotopic (exact) mass is 383 g/mol. The number of thiocarbonyl (C=S) groups is 1. The lowest BCUT2D eigenvalue weighted by Gasteiger charge is -2.25. The van der Waals surface area contributed by atoms with Gasteiger partial charge in [-0.05, 0) is 43.6 Å². The molecule has 3 rings (SSSR count). The molecule has 0 aliphatic carbocycles. The van der Waals surface area contributed by atoms with Gasteiger partial charge in [0.1, 0.15) is 5.76 Å². The maximum atomic E-state index is 6.20. The van der Waals surface area contributed by atoms with E-state index >= 15 is 0 Å². The van der Waals surface area contributed by atoms with E-state index in [1.165, 1.54) is 19.3 Å². The van der Waals surface area contributed by atoms with Gasteiger partial charge in [0.05, 0.1) is 23.9 Å². The van der Waals surface area contributed by atoms with E-state index in [1.807, 2.05) is 12.1 Å². The molecule has 9 heteroatoms. The van der Waals surface area contributed by atoms with Crippen LogP contribution in [0.5, 0.6) is 0 Å². The summed E-state index contributed by atoms with van der Waals surface area (Å²) in [4.78, 5) is 7.53. The van der Waals surface area contributed by atoms with Gasteiger partial charge in [-0.25, -0.2) is 4.98 Å². The summed E-state index contributed by atoms with van der Waals surface area (Å²) in [5.41, 5.74) is 2.76. The highest BCUT2D eigenvalue weighted by Gasteiger charge is 2.16. The highest BCUT2D eigenvalue weighted by atomic mass is 35.5. The molecule has 0 spiro atoms. The van der Waals surface area contributed by atoms with E-state index in [0.29, 0.717) is 16.8 Å². The van der Waals surface area contributed by atoms with Crippen molar-refractivity contribution in [2.45, 2.75) is 25.8 Å². The summed E-state index contributed by atoms with van der Waals surface area (Å²) < 4.78 is 5.22. The molecule has 2 N–H and O–H groups in total. The van der Waals surface area contributed by atoms with Crippen LogP contribution in [0.2, 0.25) is 5.15 Å². The summed E-state index contributed by atoms with van der Waals surface area (Å²) in [5, 5.41) is 8.97. The smallest absolute Gasteiger partial charge is 0.187 e. The zero-order valence-electron chi connectivity index (χ0n) is 13.0. The van der Waals surface area contributed by atoms with Crippen molar-refractivity contribution >= 4 is 51.6 Å². The first kappa shape index (κ1) is 17.2. The quantitative estimate of drug-likeness (QED) is 0.468. The summed E-state index contributed by atoms with van der Waals surface area (Å²) in [5.74, 6) is 0.805. The fourth-order valence-electron chi connectivity index (χ4n) is 2.37. The minimum atomic E-state index is 0.416. The van der Waals surface area contributed by atoms with E-state index in [0.717, 1.165) is 28.9 Å². The Bertz CT molecular complexity index is 695. The molecule has 3 heterocycles. The van der Waals surface area contributed by atoms with Crippen LogP contribution < -0.4 is 15.6 Å². The number of anilines is 1. The van der Waals surface area contributed by atoms with Crippen LogP contribution in [-0.4, -0.2) is 29.4 Å². The summed E-state index contributed by atoms with van der Waals surface area (Å²) in [6.45, 7) is 2.59. The Morgan fingerprint density at radius 1 is 1.46 bits per heavy atom. The Labute approximate surface area is 154 Å². The largest absolute Gasteiger partial charge is 0.467 e. The number of hydrogen-bond acceptors (Lipinski definition) is 6. The van der Waals surface area contributed by atoms with Crippen LogP contribution in [0.1, 0.15) is 29.9 Å². The van der Waals surface area contributed by atoms with Gasteiger partial charge in [-0.2, -0.15) is 5.10 Å². The van der Waals surface area contributed by atoms with E-state index in [1.54, 1.807) is 23.8 Å². The molecule has 0 radical (unpaired) electrons. The molecule has 1 aliphatic heterocycles. The molecular weight excluding hydrogens is 366 g/mol. The van der Waals surface area contributed by atoms with Crippen molar-refractivity contribution in [2.24, 2.45) is 5.10 Å². The number of halogens is 1. The van der Waals surface area contributed by atoms with Gasteiger partial charge >= 0.3 is 0 Å². The van der Waals surface area contributed by atoms with Crippen molar-refractivity contribution in [1.82, 2.24) is 15.7 Å². The second-order valence-corrected chi connectivity index (χ2v) is 7.11. The maximum absolute atomic E-state index is 6.20. The predicted octanol–water partition coefficient (Wildman–Crippen LogP) is 3.38. The van der Waals surface area contributed by atoms with Crippen molar-refractivity contribution in [3.63, 3.8) is 0 Å². The third kappa shape index (κ3) is 4.68. The second-order valence-electron chi connectivity index (χ2n) is 5.33. The summed E-state index contributed by atoms with van der Waals surface area (Å²) in [7, 11) is 0. The highest BCUT2D eigenvalue weighted by Crippen LogP contribution is 2.30. The molecule has 1 saturated heterocycles. The maximum Gasteiger partial charge on any atom is 0.187 e. The molecule has 1 fully saturated rings. The fourth-order valence-corrected chi connectivity index (χ4v) is 3.67. The zero-order chi connectivity index (χ0) is 16.8. The number of aromatic nitrogens is 1. The van der Waals surface area contributed by atoms with Gasteiger partial charge in [-0.3, -0.25) is 5.43 Å². The summed E-state index contributed by atoms with van der Waals surface area (Å²) in [6.07, 6.45) is 6.97. The van der Waals surface area contributed by atoms with E-state index in [9.17, 15) is 0 Å². The molecule has 0 atom stereocenters. The molecule has 1 aliphatic rings. The van der Waals surface area contributed by atoms with E-state index in [2.05, 4.69) is 25.7 Å². The molecule has 2 aromatic rings. The first-order valence-electron chi connectivity index (χ1n) is 7.73. The zero-order valence-corrected chi connectivity index (χ0v) is 15.4. The van der Waals surface area contributed by atoms with E-state index < -0.39 is 0 Å². The molecule has 0 aromatic carbocycles. The first-order valence-corrected chi connectivity index (χ1v) is 9.33. The van der Waals surface area contributed by atoms with E-state index in [-0.39, 0.29) is 0 Å². The molecule has 0 saturated carbocycles. The first-order chi connectivity index (χ1) is 11.7. The Morgan fingerprint density at radius 3 is 3.04 bits per heavy atom. The third-order valence-corrected chi connectivity index (χ3v) is 5.26. The number of thiazole rings is 1. The van der Waals surface area contributed by atoms with Gasteiger partial charge in [0, 0.05) is 13.1 Å². The number of nitrogens with one attached hydrogen (secondary N) is 2. The second kappa shape index (κ2) is 8.46. The highest BCUT2D eigenvalue weighted by molar-refractivity contribution is 7.80. The lowest BCUT2D eigenvalue weighted by atomic mass is 10.1. The molecule has 24 heavy (non-hydrogen) atoms. The SMILES string of the molecule is S=C(NCc1ccco1)N/N=C\c1sc(N2CCCCC2)nc1Cl. The van der Waals surface area contributed by atoms with E-state index in [4.69, 9.17) is 28.2 Å². The molecular formula is C15H18ClN5OS2. The Hall–Kier alpha value is -1.64. The number of hydrogen-bond donors (Lipinski definition) is 2. The Kier molecular flexibility index (Phi) is 6.06. The van der Waals surface area contributed by atoms with Crippen LogP contribution in [0.3, 0.4) is 0 Å². The van der Waals surface area contributed by atoms with Gasteiger partial charge < -0.3 is 14.6 Å². The van der Waals surface area contributed by atoms with Crippen molar-refractivity contribution in [2.75, 3.05) is 18.0 Å². The number of hydrazone groups is 1. The number of piperidine rings is 1. The molecule has 0 unspecified atom stereocenters. The van der Waals surface area contributed by atoms with Gasteiger partial charge in [0.15, 0.2) is 15.4 Å². The van der Waals surface area contributed by atoms with Crippen LogP contribution in [0, 0.1) is 0 Å². The summed E-state index contributed by atoms with van der Waals surface area (Å²) >= 11 is 12.9. The minimum Gasteiger partial charge on any atom is -0.467 e. The number of nitrogens with zero attached hydrogens (tertiary/aromatic N) is 3. The van der Waals surface area contributed by atoms with Crippen molar-refractivity contribution < 1.29 is 4.42 Å². The summed E-state index contributed by atoms with van der Waals surface area (Å²) in [6, 6.07) is 3.70. The van der Waals surface area contributed by atoms with Crippen molar-refractivity contribution in [3.8, 4) is 0 Å². The number of rotatable bonds is 5. The van der Waals surface area contributed by atoms with Crippen LogP contribution >= 0.6 is 35.2 Å². The van der Waals surface area contributed by atoms with Crippen LogP contribution in [0.15, 0.2) is 27.9 Å². The Balaban J connectivity index is 1.50. The average Bonchev–Trinajstić information content (AvgIpc) is 3.24. The molecule has 2 aromatic heterocycles. The standard InChI is InChI=1S/C15H18ClN5OS2/c16-13-12(24-15(19-13)21-6-2-1-3-7-21)10-18-20-14(23)17-9-11-5-4-8-22-11/h4-5,8,10H,1-3,6-7,9H2,(H2,17,20,23)/b18-10-. The molecule has 6 nitrogen and oxygen atoms in total. The molecule has 0 bridgehead atoms. The van der Waals surface area contributed by atoms with Crippen LogP contribution in [-0.2, 0) is 6.54 Å². The average molecular weight is 384 g/mol. The Morgan fingerprint density at radius 2 is 2.29 bits per heavy atom. The third-order valence-electron chi connectivity index (χ3n) is 3.58. The van der Waals surface area contributed by atoms with Crippen molar-refractivity contribution in [3.05, 3.63) is 34.2 Å². The van der Waals surface area contributed by atoms with Gasteiger partial charge in [-0.1, -0.05) is 22.9 Å². The minimum absolute atomic E-state index is 0.416. The lowest BCUT2D eigenvalue weighted by Crippen LogP contribution is -2.31. The van der Waals surface area contributed by atoms with Crippen molar-refractivity contribution in [1.29, 1.82) is 0 Å². The normalized spacial score (nSPS) is 15.0. The lowest BCUT2D eigenvalue weighted by molar-refractivity contribution is 0.502. The number of furan rings is 1. The predicted molar refractivity (Wildman–Crippen MR) is 102 cm³/mol. The van der Waals surface area contributed by atoms with Gasteiger partial charge in [0.2, 0.25) is 0 Å². The van der Waals surface area contributed by atoms with Crippen LogP contribution in [0.4, 0.5) is 5.13 Å². The molecule has 0 amide bonds. The van der Waals surface area contributed by atoms with Gasteiger partial charge in [-0.15, -0.1) is 0 Å². The van der Waals surface area contributed by atoms with Gasteiger partial charge in [0.25, 0.3) is 0 Å². The van der Waals surface area contributed by atoms with Crippen LogP contribution in [0.25, 0.3) is 0 Å². The molecule has 128 valence electrons. The topological polar surface area (TPSA) is 65.7 Å².